The van der Waals surface area contributed by atoms with E-state index in [9.17, 15) is 45.7 Å². The van der Waals surface area contributed by atoms with Gasteiger partial charge < -0.3 is 9.11 Å². The quantitative estimate of drug-likeness (QED) is 0.0606. The zero-order valence-corrected chi connectivity index (χ0v) is 28.3. The van der Waals surface area contributed by atoms with Crippen molar-refractivity contribution in [1.29, 1.82) is 0 Å². The Morgan fingerprint density at radius 1 is 0.738 bits per heavy atom. The normalized spacial score (nSPS) is 12.2. The summed E-state index contributed by atoms with van der Waals surface area (Å²) in [6, 6.07) is 10.8. The smallest absolute Gasteiger partial charge is 0.766 e. The largest absolute Gasteiger partial charge is 1.00 e. The second kappa shape index (κ2) is 12.3. The molecule has 0 spiro atoms. The maximum absolute atomic E-state index is 13.6. The Morgan fingerprint density at radius 2 is 1.14 bits per heavy atom. The zero-order valence-electron chi connectivity index (χ0n) is 22.6. The van der Waals surface area contributed by atoms with Gasteiger partial charge in [-0.25, -0.2) is 8.42 Å². The first-order valence-corrected chi connectivity index (χ1v) is 14.1. The molecule has 1 unspecified atom stereocenters. The molecule has 3 aromatic carbocycles. The number of carbonyl (C=O) groups is 3. The first-order chi connectivity index (χ1) is 18.7. The average Bonchev–Trinajstić information content (AvgIpc) is 2.87. The van der Waals surface area contributed by atoms with E-state index in [4.69, 9.17) is 0 Å². The van der Waals surface area contributed by atoms with Crippen molar-refractivity contribution in [2.75, 3.05) is 5.75 Å². The number of nitrogens with zero attached hydrogens (tertiary/aromatic N) is 2. The summed E-state index contributed by atoms with van der Waals surface area (Å²) in [5, 5.41) is -2.43. The molecule has 0 saturated carbocycles. The fraction of sp³-hybridized carbons (Fsp3) is 0.115. The number of hydrogen-bond donors (Lipinski definition) is 0. The fourth-order valence-corrected chi connectivity index (χ4v) is 5.45. The van der Waals surface area contributed by atoms with E-state index < -0.39 is 54.7 Å². The van der Waals surface area contributed by atoms with E-state index in [-0.39, 0.29) is 103 Å². The predicted molar refractivity (Wildman–Crippen MR) is 144 cm³/mol. The number of aromatic nitrogens is 2. The van der Waals surface area contributed by atoms with Gasteiger partial charge in [0.05, 0.1) is 22.1 Å². The maximum atomic E-state index is 13.6. The Bertz CT molecular complexity index is 2280. The van der Waals surface area contributed by atoms with Crippen LogP contribution < -0.4 is 70.0 Å². The molecule has 5 rings (SSSR count). The SMILES string of the molecule is Cc1ccc2c(c1)c(=O)c1cc3c(cc1n2C(=O)CS(=O)(=O)[O-])c(=O)c1cc(C)ccc1n3C(=O)C(=O)S(=O)[O-].[Na+].[Na+]. The van der Waals surface area contributed by atoms with E-state index in [1.54, 1.807) is 19.9 Å². The Morgan fingerprint density at radius 3 is 1.57 bits per heavy atom. The Kier molecular flexibility index (Phi) is 10.0. The number of pyridine rings is 2. The van der Waals surface area contributed by atoms with E-state index in [1.165, 1.54) is 30.3 Å². The molecule has 12 nitrogen and oxygen atoms in total. The molecule has 0 N–H and O–H groups in total. The van der Waals surface area contributed by atoms with Crippen molar-refractivity contribution in [1.82, 2.24) is 9.13 Å². The van der Waals surface area contributed by atoms with Crippen molar-refractivity contribution in [3.63, 3.8) is 0 Å². The molecule has 0 aliphatic heterocycles. The van der Waals surface area contributed by atoms with Crippen LogP contribution in [0.5, 0.6) is 0 Å². The molecule has 0 saturated heterocycles. The number of benzene rings is 3. The second-order valence-corrected chi connectivity index (χ2v) is 11.4. The molecule has 1 atom stereocenters. The Balaban J connectivity index is 0.00000242. The molecule has 0 bridgehead atoms. The number of aryl methyl sites for hydroxylation is 2. The van der Waals surface area contributed by atoms with E-state index in [2.05, 4.69) is 0 Å². The van der Waals surface area contributed by atoms with Gasteiger partial charge in [-0.05, 0) is 50.2 Å². The van der Waals surface area contributed by atoms with Gasteiger partial charge in [-0.1, -0.05) is 23.3 Å². The summed E-state index contributed by atoms with van der Waals surface area (Å²) < 4.78 is 58.7. The molecule has 0 amide bonds. The average molecular weight is 627 g/mol. The summed E-state index contributed by atoms with van der Waals surface area (Å²) >= 11 is -3.44. The molecule has 0 fully saturated rings. The molecule has 204 valence electrons. The molecule has 42 heavy (non-hydrogen) atoms. The third-order valence-corrected chi connectivity index (χ3v) is 7.52. The van der Waals surface area contributed by atoms with Crippen LogP contribution in [0.4, 0.5) is 0 Å². The summed E-state index contributed by atoms with van der Waals surface area (Å²) in [6.07, 6.45) is 0. The van der Waals surface area contributed by atoms with Crippen molar-refractivity contribution in [3.05, 3.63) is 80.1 Å². The molecule has 0 radical (unpaired) electrons. The summed E-state index contributed by atoms with van der Waals surface area (Å²) in [6.45, 7) is 3.32. The number of rotatable bonds is 2. The summed E-state index contributed by atoms with van der Waals surface area (Å²) in [5.74, 6) is -4.16. The van der Waals surface area contributed by atoms with Crippen LogP contribution in [-0.2, 0) is 26.0 Å². The van der Waals surface area contributed by atoms with Crippen molar-refractivity contribution < 1.29 is 95.2 Å². The van der Waals surface area contributed by atoms with Crippen LogP contribution in [0.15, 0.2) is 58.1 Å². The molecule has 16 heteroatoms. The standard InChI is InChI=1S/C26H18N2O10S2.2Na/c1-12-3-5-18-14(7-12)23(30)16-10-21-17(9-20(16)27(18)22(29)11-40(36,37)38)24(31)15-8-13(2)4-6-19(15)28(21)25(32)26(33)39(34)35;;/h3-10H,11H2,1-2H3,(H,34,35)(H,36,37,38);;/q;2*+1/p-2. The van der Waals surface area contributed by atoms with Gasteiger partial charge in [0, 0.05) is 32.6 Å². The van der Waals surface area contributed by atoms with Crippen LogP contribution in [0.2, 0.25) is 0 Å². The van der Waals surface area contributed by atoms with Gasteiger partial charge in [-0.15, -0.1) is 0 Å². The molecule has 5 aromatic rings. The van der Waals surface area contributed by atoms with Crippen LogP contribution in [-0.4, -0.2) is 53.5 Å². The summed E-state index contributed by atoms with van der Waals surface area (Å²) in [4.78, 5) is 65.7. The van der Waals surface area contributed by atoms with Crippen LogP contribution >= 0.6 is 0 Å². The zero-order chi connectivity index (χ0) is 29.3. The Labute approximate surface area is 283 Å². The van der Waals surface area contributed by atoms with Crippen molar-refractivity contribution in [3.8, 4) is 0 Å². The molecular weight excluding hydrogens is 610 g/mol. The maximum Gasteiger partial charge on any atom is 1.00 e. The summed E-state index contributed by atoms with van der Waals surface area (Å²) in [5.41, 5.74) is -0.797. The molecular formula is C26H16N2Na2O10S2. The van der Waals surface area contributed by atoms with E-state index >= 15 is 0 Å². The van der Waals surface area contributed by atoms with E-state index in [0.717, 1.165) is 16.7 Å². The molecule has 0 aliphatic carbocycles. The van der Waals surface area contributed by atoms with Gasteiger partial charge in [0.15, 0.2) is 10.9 Å². The first kappa shape index (κ1) is 34.1. The number of carbonyl (C=O) groups excluding carboxylic acids is 3. The minimum Gasteiger partial charge on any atom is -0.766 e. The van der Waals surface area contributed by atoms with Gasteiger partial charge in [0.1, 0.15) is 15.9 Å². The number of fused-ring (bicyclic) bond motifs is 4. The fourth-order valence-electron chi connectivity index (χ4n) is 4.78. The van der Waals surface area contributed by atoms with Crippen LogP contribution in [0, 0.1) is 13.8 Å². The second-order valence-electron chi connectivity index (χ2n) is 9.18. The van der Waals surface area contributed by atoms with E-state index in [0.29, 0.717) is 15.7 Å². The van der Waals surface area contributed by atoms with E-state index in [1.807, 2.05) is 0 Å². The monoisotopic (exact) mass is 626 g/mol. The minimum atomic E-state index is -5.05. The Hall–Kier alpha value is -2.37. The van der Waals surface area contributed by atoms with Crippen molar-refractivity contribution >= 4 is 81.7 Å². The van der Waals surface area contributed by atoms with Crippen molar-refractivity contribution in [2.45, 2.75) is 13.8 Å². The van der Waals surface area contributed by atoms with Crippen LogP contribution in [0.3, 0.4) is 0 Å². The third kappa shape index (κ3) is 5.88. The molecule has 2 heterocycles. The number of hydrogen-bond acceptors (Lipinski definition) is 10. The summed E-state index contributed by atoms with van der Waals surface area (Å²) in [7, 11) is -5.05. The van der Waals surface area contributed by atoms with Crippen molar-refractivity contribution in [2.24, 2.45) is 0 Å². The van der Waals surface area contributed by atoms with Crippen LogP contribution in [0.25, 0.3) is 43.6 Å². The topological polar surface area (TPSA) is 193 Å². The van der Waals surface area contributed by atoms with Gasteiger partial charge >= 0.3 is 65.0 Å². The third-order valence-electron chi connectivity index (χ3n) is 6.44. The van der Waals surface area contributed by atoms with Gasteiger partial charge in [0.2, 0.25) is 5.91 Å². The van der Waals surface area contributed by atoms with Gasteiger partial charge in [-0.3, -0.25) is 37.3 Å². The first-order valence-electron chi connectivity index (χ1n) is 11.4. The molecule has 0 aliphatic rings. The van der Waals surface area contributed by atoms with Gasteiger partial charge in [0.25, 0.3) is 5.12 Å². The minimum absolute atomic E-state index is 0. The predicted octanol–water partition coefficient (Wildman–Crippen LogP) is -4.52. The van der Waals surface area contributed by atoms with Crippen LogP contribution in [0.1, 0.15) is 20.7 Å². The van der Waals surface area contributed by atoms with Gasteiger partial charge in [-0.2, -0.15) is 0 Å². The molecule has 2 aromatic heterocycles.